The van der Waals surface area contributed by atoms with Crippen molar-refractivity contribution in [3.05, 3.63) is 112 Å². The number of benzene rings is 3. The van der Waals surface area contributed by atoms with Crippen LogP contribution in [0.5, 0.6) is 5.75 Å². The largest absolute Gasteiger partial charge is 0.494 e. The van der Waals surface area contributed by atoms with Gasteiger partial charge in [-0.3, -0.25) is 0 Å². The highest BCUT2D eigenvalue weighted by Gasteiger charge is 2.27. The molecule has 36 heavy (non-hydrogen) atoms. The number of hydrogen-bond donors (Lipinski definition) is 0. The number of para-hydroxylation sites is 2. The summed E-state index contributed by atoms with van der Waals surface area (Å²) in [6.07, 6.45) is 1.57. The molecule has 0 radical (unpaired) electrons. The summed E-state index contributed by atoms with van der Waals surface area (Å²) >= 11 is 12.4. The third-order valence-corrected chi connectivity index (χ3v) is 7.84. The van der Waals surface area contributed by atoms with Gasteiger partial charge in [-0.2, -0.15) is 4.31 Å². The molecule has 1 heterocycles. The smallest absolute Gasteiger partial charge is 0.243 e. The molecule has 0 saturated carbocycles. The SMILES string of the molecule is COc1ccccc1N=Cc1ccc(CN(Cc2ccc(Cl)cc2Cl)S(=O)(=O)c2ccc(C)cc2)o1. The molecule has 0 bridgehead atoms. The maximum Gasteiger partial charge on any atom is 0.243 e. The number of halogens is 2. The lowest BCUT2D eigenvalue weighted by atomic mass is 10.2. The van der Waals surface area contributed by atoms with E-state index in [1.165, 1.54) is 4.31 Å². The Kier molecular flexibility index (Phi) is 8.16. The van der Waals surface area contributed by atoms with Crippen LogP contribution in [-0.2, 0) is 23.1 Å². The van der Waals surface area contributed by atoms with Gasteiger partial charge in [0.2, 0.25) is 10.0 Å². The third-order valence-electron chi connectivity index (χ3n) is 5.45. The average Bonchev–Trinajstić information content (AvgIpc) is 3.31. The average molecular weight is 543 g/mol. The van der Waals surface area contributed by atoms with E-state index in [9.17, 15) is 8.42 Å². The number of hydrogen-bond acceptors (Lipinski definition) is 5. The Morgan fingerprint density at radius 2 is 1.72 bits per heavy atom. The molecule has 4 rings (SSSR count). The summed E-state index contributed by atoms with van der Waals surface area (Å²) in [6, 6.07) is 22.5. The number of methoxy groups -OCH3 is 1. The van der Waals surface area contributed by atoms with Crippen LogP contribution in [-0.4, -0.2) is 26.0 Å². The van der Waals surface area contributed by atoms with E-state index in [0.717, 1.165) is 5.56 Å². The minimum Gasteiger partial charge on any atom is -0.494 e. The van der Waals surface area contributed by atoms with Crippen LogP contribution in [0, 0.1) is 6.92 Å². The van der Waals surface area contributed by atoms with E-state index < -0.39 is 10.0 Å². The Labute approximate surface area is 220 Å². The zero-order chi connectivity index (χ0) is 25.7. The Balaban J connectivity index is 1.62. The monoisotopic (exact) mass is 542 g/mol. The van der Waals surface area contributed by atoms with Crippen LogP contribution in [0.3, 0.4) is 0 Å². The molecule has 9 heteroatoms. The van der Waals surface area contributed by atoms with Crippen LogP contribution in [0.15, 0.2) is 93.2 Å². The molecule has 0 fully saturated rings. The van der Waals surface area contributed by atoms with E-state index in [2.05, 4.69) is 4.99 Å². The van der Waals surface area contributed by atoms with Gasteiger partial charge in [0.25, 0.3) is 0 Å². The summed E-state index contributed by atoms with van der Waals surface area (Å²) in [4.78, 5) is 4.61. The van der Waals surface area contributed by atoms with E-state index >= 15 is 0 Å². The quantitative estimate of drug-likeness (QED) is 0.212. The summed E-state index contributed by atoms with van der Waals surface area (Å²) in [7, 11) is -2.29. The lowest BCUT2D eigenvalue weighted by Crippen LogP contribution is -2.30. The molecule has 0 aliphatic carbocycles. The molecule has 1 aromatic heterocycles. The Bertz CT molecular complexity index is 1480. The fraction of sp³-hybridized carbons (Fsp3) is 0.148. The van der Waals surface area contributed by atoms with Crippen LogP contribution in [0.2, 0.25) is 10.0 Å². The molecule has 3 aromatic carbocycles. The minimum absolute atomic E-state index is 0.00232. The zero-order valence-corrected chi connectivity index (χ0v) is 22.0. The molecule has 0 aliphatic rings. The van der Waals surface area contributed by atoms with Crippen LogP contribution in [0.25, 0.3) is 0 Å². The second kappa shape index (κ2) is 11.3. The molecule has 0 amide bonds. The second-order valence-electron chi connectivity index (χ2n) is 8.06. The van der Waals surface area contributed by atoms with Gasteiger partial charge in [-0.05, 0) is 61.0 Å². The topological polar surface area (TPSA) is 72.1 Å². The lowest BCUT2D eigenvalue weighted by molar-refractivity contribution is 0.357. The van der Waals surface area contributed by atoms with Crippen LogP contribution >= 0.6 is 23.2 Å². The number of sulfonamides is 1. The first-order chi connectivity index (χ1) is 17.3. The van der Waals surface area contributed by atoms with E-state index in [1.54, 1.807) is 67.9 Å². The summed E-state index contributed by atoms with van der Waals surface area (Å²) in [5, 5.41) is 0.859. The molecule has 6 nitrogen and oxygen atoms in total. The molecule has 0 aliphatic heterocycles. The van der Waals surface area contributed by atoms with Crippen molar-refractivity contribution in [2.24, 2.45) is 4.99 Å². The second-order valence-corrected chi connectivity index (χ2v) is 10.8. The van der Waals surface area contributed by atoms with Crippen molar-refractivity contribution >= 4 is 45.1 Å². The van der Waals surface area contributed by atoms with Crippen molar-refractivity contribution in [2.45, 2.75) is 24.9 Å². The predicted octanol–water partition coefficient (Wildman–Crippen LogP) is 7.05. The van der Waals surface area contributed by atoms with E-state index in [-0.39, 0.29) is 18.0 Å². The third kappa shape index (κ3) is 6.17. The molecule has 0 spiro atoms. The lowest BCUT2D eigenvalue weighted by Gasteiger charge is -2.22. The number of ether oxygens (including phenoxy) is 1. The van der Waals surface area contributed by atoms with Gasteiger partial charge in [0.05, 0.1) is 24.8 Å². The van der Waals surface area contributed by atoms with Crippen molar-refractivity contribution in [1.29, 1.82) is 0 Å². The zero-order valence-electron chi connectivity index (χ0n) is 19.7. The fourth-order valence-corrected chi connectivity index (χ4v) is 5.37. The first kappa shape index (κ1) is 26.0. The van der Waals surface area contributed by atoms with Crippen molar-refractivity contribution in [2.75, 3.05) is 7.11 Å². The molecule has 0 unspecified atom stereocenters. The molecule has 0 N–H and O–H groups in total. The molecular formula is C27H24Cl2N2O4S. The van der Waals surface area contributed by atoms with Gasteiger partial charge in [0.1, 0.15) is 23.0 Å². The molecule has 0 saturated heterocycles. The molecule has 4 aromatic rings. The van der Waals surface area contributed by atoms with Crippen molar-refractivity contribution in [3.63, 3.8) is 0 Å². The number of aryl methyl sites for hydroxylation is 1. The molecule has 0 atom stereocenters. The maximum atomic E-state index is 13.6. The highest BCUT2D eigenvalue weighted by Crippen LogP contribution is 2.28. The summed E-state index contributed by atoms with van der Waals surface area (Å²) in [6.45, 7) is 1.94. The number of aliphatic imine (C=N–C) groups is 1. The fourth-order valence-electron chi connectivity index (χ4n) is 3.52. The van der Waals surface area contributed by atoms with Gasteiger partial charge in [-0.15, -0.1) is 0 Å². The normalized spacial score (nSPS) is 11.9. The van der Waals surface area contributed by atoms with Crippen LogP contribution in [0.4, 0.5) is 5.69 Å². The number of rotatable bonds is 9. The Morgan fingerprint density at radius 3 is 2.44 bits per heavy atom. The van der Waals surface area contributed by atoms with Gasteiger partial charge in [0, 0.05) is 16.6 Å². The first-order valence-electron chi connectivity index (χ1n) is 11.0. The number of furan rings is 1. The standard InChI is InChI=1S/C27H24Cl2N2O4S/c1-19-7-13-24(14-8-19)36(32,33)31(17-20-9-10-21(28)15-25(20)29)18-23-12-11-22(35-23)16-30-26-5-3-4-6-27(26)34-2/h3-16H,17-18H2,1-2H3. The van der Waals surface area contributed by atoms with Gasteiger partial charge >= 0.3 is 0 Å². The summed E-state index contributed by atoms with van der Waals surface area (Å²) < 4.78 is 39.7. The van der Waals surface area contributed by atoms with E-state index in [1.807, 2.05) is 31.2 Å². The predicted molar refractivity (Wildman–Crippen MR) is 143 cm³/mol. The van der Waals surface area contributed by atoms with Crippen LogP contribution in [0.1, 0.15) is 22.6 Å². The number of nitrogens with zero attached hydrogens (tertiary/aromatic N) is 2. The molecular weight excluding hydrogens is 519 g/mol. The summed E-state index contributed by atoms with van der Waals surface area (Å²) in [5.74, 6) is 1.57. The molecule has 186 valence electrons. The Morgan fingerprint density at radius 1 is 0.972 bits per heavy atom. The summed E-state index contributed by atoms with van der Waals surface area (Å²) in [5.41, 5.74) is 2.24. The first-order valence-corrected chi connectivity index (χ1v) is 13.2. The maximum absolute atomic E-state index is 13.6. The van der Waals surface area contributed by atoms with Crippen molar-refractivity contribution in [3.8, 4) is 5.75 Å². The van der Waals surface area contributed by atoms with Gasteiger partial charge in [-0.25, -0.2) is 13.4 Å². The van der Waals surface area contributed by atoms with Crippen LogP contribution < -0.4 is 4.74 Å². The highest BCUT2D eigenvalue weighted by molar-refractivity contribution is 7.89. The van der Waals surface area contributed by atoms with Gasteiger partial charge in [-0.1, -0.05) is 59.1 Å². The highest BCUT2D eigenvalue weighted by atomic mass is 35.5. The minimum atomic E-state index is -3.86. The van der Waals surface area contributed by atoms with Crippen molar-refractivity contribution < 1.29 is 17.6 Å². The van der Waals surface area contributed by atoms with Crippen molar-refractivity contribution in [1.82, 2.24) is 4.31 Å². The van der Waals surface area contributed by atoms with E-state index in [4.69, 9.17) is 32.4 Å². The van der Waals surface area contributed by atoms with E-state index in [0.29, 0.717) is 38.6 Å². The van der Waals surface area contributed by atoms with Gasteiger partial charge in [0.15, 0.2) is 0 Å². The van der Waals surface area contributed by atoms with Gasteiger partial charge < -0.3 is 9.15 Å². The Hall–Kier alpha value is -3.10.